The van der Waals surface area contributed by atoms with Crippen LogP contribution < -0.4 is 16.4 Å². The van der Waals surface area contributed by atoms with Gasteiger partial charge in [-0.3, -0.25) is 4.79 Å². The van der Waals surface area contributed by atoms with E-state index in [-0.39, 0.29) is 5.91 Å². The van der Waals surface area contributed by atoms with Crippen LogP contribution in [0.25, 0.3) is 0 Å². The van der Waals surface area contributed by atoms with Gasteiger partial charge in [-0.05, 0) is 44.7 Å². The molecule has 1 amide bonds. The van der Waals surface area contributed by atoms with Crippen LogP contribution in [0.1, 0.15) is 25.7 Å². The fourth-order valence-corrected chi connectivity index (χ4v) is 2.76. The summed E-state index contributed by atoms with van der Waals surface area (Å²) in [5.74, 6) is 0.228. The Hall–Kier alpha value is -0.610. The van der Waals surface area contributed by atoms with Gasteiger partial charge in [0.1, 0.15) is 5.54 Å². The molecule has 14 heavy (non-hydrogen) atoms. The van der Waals surface area contributed by atoms with E-state index in [1.807, 2.05) is 0 Å². The van der Waals surface area contributed by atoms with Gasteiger partial charge in [0.15, 0.2) is 0 Å². The zero-order chi connectivity index (χ0) is 10.0. The van der Waals surface area contributed by atoms with Crippen molar-refractivity contribution in [2.75, 3.05) is 19.6 Å². The molecule has 2 saturated heterocycles. The topological polar surface area (TPSA) is 67.2 Å². The molecule has 80 valence electrons. The Morgan fingerprint density at radius 3 is 2.71 bits per heavy atom. The van der Waals surface area contributed by atoms with Crippen molar-refractivity contribution in [2.45, 2.75) is 31.2 Å². The zero-order valence-electron chi connectivity index (χ0n) is 8.51. The molecule has 0 aromatic carbocycles. The lowest BCUT2D eigenvalue weighted by Gasteiger charge is -2.40. The third-order valence-corrected chi connectivity index (χ3v) is 3.64. The van der Waals surface area contributed by atoms with Gasteiger partial charge in [-0.15, -0.1) is 0 Å². The lowest BCUT2D eigenvalue weighted by Crippen LogP contribution is -2.62. The van der Waals surface area contributed by atoms with Crippen LogP contribution in [0.15, 0.2) is 0 Å². The predicted octanol–water partition coefficient (Wildman–Crippen LogP) is -0.406. The number of hydrogen-bond acceptors (Lipinski definition) is 3. The van der Waals surface area contributed by atoms with E-state index in [4.69, 9.17) is 5.73 Å². The molecule has 2 rings (SSSR count). The Kier molecular flexibility index (Phi) is 2.74. The maximum atomic E-state index is 11.6. The molecule has 0 radical (unpaired) electrons. The van der Waals surface area contributed by atoms with Crippen molar-refractivity contribution in [2.24, 2.45) is 11.7 Å². The summed E-state index contributed by atoms with van der Waals surface area (Å²) >= 11 is 0. The molecule has 0 spiro atoms. The van der Waals surface area contributed by atoms with Crippen molar-refractivity contribution in [3.05, 3.63) is 0 Å². The van der Waals surface area contributed by atoms with Gasteiger partial charge in [0.05, 0.1) is 0 Å². The number of amides is 1. The van der Waals surface area contributed by atoms with Gasteiger partial charge in [-0.2, -0.15) is 0 Å². The highest BCUT2D eigenvalue weighted by Gasteiger charge is 2.45. The smallest absolute Gasteiger partial charge is 0.238 e. The van der Waals surface area contributed by atoms with Gasteiger partial charge in [-0.25, -0.2) is 0 Å². The van der Waals surface area contributed by atoms with Crippen molar-refractivity contribution >= 4 is 5.91 Å². The molecule has 0 saturated carbocycles. The average Bonchev–Trinajstić information content (AvgIpc) is 2.72. The SMILES string of the molecule is NC(=O)C1([C@@H]2CCNC2)CCCCN1. The van der Waals surface area contributed by atoms with E-state index in [2.05, 4.69) is 10.6 Å². The number of nitrogens with one attached hydrogen (secondary N) is 2. The summed E-state index contributed by atoms with van der Waals surface area (Å²) < 4.78 is 0. The Morgan fingerprint density at radius 1 is 1.36 bits per heavy atom. The number of carbonyl (C=O) groups excluding carboxylic acids is 1. The summed E-state index contributed by atoms with van der Waals surface area (Å²) in [4.78, 5) is 11.6. The summed E-state index contributed by atoms with van der Waals surface area (Å²) in [6.07, 6.45) is 4.26. The van der Waals surface area contributed by atoms with Gasteiger partial charge < -0.3 is 16.4 Å². The van der Waals surface area contributed by atoms with E-state index < -0.39 is 5.54 Å². The molecular weight excluding hydrogens is 178 g/mol. The highest BCUT2D eigenvalue weighted by atomic mass is 16.1. The van der Waals surface area contributed by atoms with Crippen LogP contribution in [0.5, 0.6) is 0 Å². The van der Waals surface area contributed by atoms with Crippen molar-refractivity contribution in [1.82, 2.24) is 10.6 Å². The molecule has 2 aliphatic heterocycles. The van der Waals surface area contributed by atoms with Crippen LogP contribution in [-0.4, -0.2) is 31.1 Å². The van der Waals surface area contributed by atoms with E-state index in [0.717, 1.165) is 45.3 Å². The summed E-state index contributed by atoms with van der Waals surface area (Å²) in [5, 5.41) is 6.66. The molecule has 2 atom stereocenters. The first-order chi connectivity index (χ1) is 6.76. The molecule has 4 N–H and O–H groups in total. The van der Waals surface area contributed by atoms with Crippen LogP contribution >= 0.6 is 0 Å². The summed E-state index contributed by atoms with van der Waals surface area (Å²) in [6, 6.07) is 0. The normalized spacial score (nSPS) is 38.4. The Labute approximate surface area is 84.6 Å². The molecule has 0 aromatic heterocycles. The molecule has 1 unspecified atom stereocenters. The Balaban J connectivity index is 2.15. The lowest BCUT2D eigenvalue weighted by molar-refractivity contribution is -0.127. The molecular formula is C10H19N3O. The van der Waals surface area contributed by atoms with Gasteiger partial charge in [0, 0.05) is 6.54 Å². The van der Waals surface area contributed by atoms with E-state index in [1.165, 1.54) is 0 Å². The molecule has 2 fully saturated rings. The standard InChI is InChI=1S/C10H19N3O/c11-9(14)10(4-1-2-5-13-10)8-3-6-12-7-8/h8,12-13H,1-7H2,(H2,11,14)/t8-,10?/m1/s1. The first-order valence-corrected chi connectivity index (χ1v) is 5.51. The molecule has 4 heteroatoms. The van der Waals surface area contributed by atoms with Crippen LogP contribution in [0.4, 0.5) is 0 Å². The number of nitrogens with two attached hydrogens (primary N) is 1. The van der Waals surface area contributed by atoms with E-state index in [1.54, 1.807) is 0 Å². The van der Waals surface area contributed by atoms with E-state index >= 15 is 0 Å². The summed E-state index contributed by atoms with van der Waals surface area (Å²) in [5.41, 5.74) is 5.14. The first kappa shape index (κ1) is 9.93. The molecule has 0 aliphatic carbocycles. The van der Waals surface area contributed by atoms with Crippen molar-refractivity contribution in [3.63, 3.8) is 0 Å². The Morgan fingerprint density at radius 2 is 2.21 bits per heavy atom. The third-order valence-electron chi connectivity index (χ3n) is 3.64. The maximum Gasteiger partial charge on any atom is 0.238 e. The monoisotopic (exact) mass is 197 g/mol. The van der Waals surface area contributed by atoms with E-state index in [9.17, 15) is 4.79 Å². The van der Waals surface area contributed by atoms with Crippen molar-refractivity contribution in [3.8, 4) is 0 Å². The Bertz CT molecular complexity index is 217. The highest BCUT2D eigenvalue weighted by molar-refractivity contribution is 5.85. The van der Waals surface area contributed by atoms with Crippen molar-refractivity contribution < 1.29 is 4.79 Å². The summed E-state index contributed by atoms with van der Waals surface area (Å²) in [6.45, 7) is 2.87. The second kappa shape index (κ2) is 3.87. The van der Waals surface area contributed by atoms with Crippen LogP contribution in [-0.2, 0) is 4.79 Å². The maximum absolute atomic E-state index is 11.6. The van der Waals surface area contributed by atoms with Gasteiger partial charge >= 0.3 is 0 Å². The molecule has 0 bridgehead atoms. The third kappa shape index (κ3) is 1.53. The minimum Gasteiger partial charge on any atom is -0.368 e. The second-order valence-corrected chi connectivity index (χ2v) is 4.41. The first-order valence-electron chi connectivity index (χ1n) is 5.51. The molecule has 2 aliphatic rings. The second-order valence-electron chi connectivity index (χ2n) is 4.41. The minimum atomic E-state index is -0.415. The predicted molar refractivity (Wildman–Crippen MR) is 54.8 cm³/mol. The number of carbonyl (C=O) groups is 1. The fourth-order valence-electron chi connectivity index (χ4n) is 2.76. The van der Waals surface area contributed by atoms with Crippen molar-refractivity contribution in [1.29, 1.82) is 0 Å². The van der Waals surface area contributed by atoms with Gasteiger partial charge in [0.2, 0.25) is 5.91 Å². The molecule has 2 heterocycles. The molecule has 4 nitrogen and oxygen atoms in total. The van der Waals surface area contributed by atoms with Crippen LogP contribution in [0.3, 0.4) is 0 Å². The highest BCUT2D eigenvalue weighted by Crippen LogP contribution is 2.30. The summed E-state index contributed by atoms with van der Waals surface area (Å²) in [7, 11) is 0. The average molecular weight is 197 g/mol. The van der Waals surface area contributed by atoms with Gasteiger partial charge in [0.25, 0.3) is 0 Å². The number of hydrogen-bond donors (Lipinski definition) is 3. The van der Waals surface area contributed by atoms with Crippen LogP contribution in [0.2, 0.25) is 0 Å². The van der Waals surface area contributed by atoms with Gasteiger partial charge in [-0.1, -0.05) is 0 Å². The van der Waals surface area contributed by atoms with Crippen LogP contribution in [0, 0.1) is 5.92 Å². The quantitative estimate of drug-likeness (QED) is 0.564. The molecule has 0 aromatic rings. The lowest BCUT2D eigenvalue weighted by atomic mass is 9.76. The van der Waals surface area contributed by atoms with E-state index in [0.29, 0.717) is 5.92 Å². The fraction of sp³-hybridized carbons (Fsp3) is 0.900. The number of piperidine rings is 1. The number of rotatable bonds is 2. The number of primary amides is 1. The zero-order valence-corrected chi connectivity index (χ0v) is 8.51. The minimum absolute atomic E-state index is 0.161. The largest absolute Gasteiger partial charge is 0.368 e.